The molecule has 3 aliphatic rings. The highest BCUT2D eigenvalue weighted by Crippen LogP contribution is 2.32. The fraction of sp³-hybridized carbons (Fsp3) is 0.0833. The van der Waals surface area contributed by atoms with Crippen molar-refractivity contribution in [1.82, 2.24) is 0 Å². The van der Waals surface area contributed by atoms with Gasteiger partial charge in [-0.1, -0.05) is 12.2 Å². The van der Waals surface area contributed by atoms with E-state index in [-0.39, 0.29) is 18.0 Å². The van der Waals surface area contributed by atoms with Gasteiger partial charge >= 0.3 is 0 Å². The van der Waals surface area contributed by atoms with Gasteiger partial charge in [0.25, 0.3) is 0 Å². The Bertz CT molecular complexity index is 542. The number of Topliss-reactive ketones (excluding diaryl/α,β-unsaturated/α-hetero) is 1. The van der Waals surface area contributed by atoms with Crippen molar-refractivity contribution in [3.63, 3.8) is 0 Å². The number of carbonyl (C=O) groups is 2. The molecular weight excluding hydrogens is 190 g/mol. The van der Waals surface area contributed by atoms with Gasteiger partial charge in [-0.2, -0.15) is 0 Å². The molecule has 0 fully saturated rings. The second-order valence-electron chi connectivity index (χ2n) is 3.60. The third-order valence-electron chi connectivity index (χ3n) is 2.70. The summed E-state index contributed by atoms with van der Waals surface area (Å²) in [6, 6.07) is 0. The Morgan fingerprint density at radius 3 is 2.93 bits per heavy atom. The molecule has 0 saturated carbocycles. The quantitative estimate of drug-likeness (QED) is 0.587. The zero-order valence-electron chi connectivity index (χ0n) is 7.86. The first kappa shape index (κ1) is 8.29. The molecule has 0 aromatic rings. The van der Waals surface area contributed by atoms with Gasteiger partial charge in [0.15, 0.2) is 11.6 Å². The number of hydrogen-bond donors (Lipinski definition) is 0. The number of rotatable bonds is 0. The van der Waals surface area contributed by atoms with Crippen molar-refractivity contribution in [3.05, 3.63) is 47.2 Å². The fourth-order valence-electron chi connectivity index (χ4n) is 2.05. The van der Waals surface area contributed by atoms with E-state index in [1.165, 1.54) is 6.08 Å². The van der Waals surface area contributed by atoms with E-state index in [2.05, 4.69) is 4.99 Å². The van der Waals surface area contributed by atoms with Crippen LogP contribution >= 0.6 is 0 Å². The summed E-state index contributed by atoms with van der Waals surface area (Å²) in [5, 5.41) is 0. The zero-order chi connectivity index (χ0) is 10.4. The van der Waals surface area contributed by atoms with Crippen LogP contribution in [0.15, 0.2) is 52.2 Å². The molecule has 0 aromatic carbocycles. The number of aliphatic imine (C=N–C) groups is 1. The van der Waals surface area contributed by atoms with Crippen LogP contribution in [0.3, 0.4) is 0 Å². The van der Waals surface area contributed by atoms with Gasteiger partial charge in [0.05, 0.1) is 0 Å². The Hall–Kier alpha value is -2.03. The molecular formula is C12H7NO2. The van der Waals surface area contributed by atoms with Crippen LogP contribution in [0.2, 0.25) is 0 Å². The van der Waals surface area contributed by atoms with Gasteiger partial charge in [0.2, 0.25) is 0 Å². The van der Waals surface area contributed by atoms with E-state index in [1.54, 1.807) is 18.4 Å². The van der Waals surface area contributed by atoms with Crippen molar-refractivity contribution < 1.29 is 9.59 Å². The van der Waals surface area contributed by atoms with Crippen molar-refractivity contribution in [2.24, 2.45) is 4.99 Å². The van der Waals surface area contributed by atoms with Gasteiger partial charge < -0.3 is 0 Å². The highest BCUT2D eigenvalue weighted by atomic mass is 16.1. The minimum Gasteiger partial charge on any atom is -0.292 e. The lowest BCUT2D eigenvalue weighted by Gasteiger charge is -2.19. The summed E-state index contributed by atoms with van der Waals surface area (Å²) in [4.78, 5) is 27.3. The summed E-state index contributed by atoms with van der Waals surface area (Å²) in [6.45, 7) is 0. The second-order valence-corrected chi connectivity index (χ2v) is 3.60. The topological polar surface area (TPSA) is 46.5 Å². The van der Waals surface area contributed by atoms with E-state index >= 15 is 0 Å². The maximum Gasteiger partial charge on any atom is 0.186 e. The van der Waals surface area contributed by atoms with Gasteiger partial charge in [-0.25, -0.2) is 0 Å². The molecule has 72 valence electrons. The van der Waals surface area contributed by atoms with Gasteiger partial charge in [-0.15, -0.1) is 0 Å². The molecule has 0 aromatic heterocycles. The first-order valence-corrected chi connectivity index (χ1v) is 4.71. The van der Waals surface area contributed by atoms with Gasteiger partial charge in [-0.05, 0) is 17.7 Å². The summed E-state index contributed by atoms with van der Waals surface area (Å²) in [5.74, 6) is -0.0395. The van der Waals surface area contributed by atoms with Crippen molar-refractivity contribution in [1.29, 1.82) is 0 Å². The average molecular weight is 197 g/mol. The molecule has 0 bridgehead atoms. The van der Waals surface area contributed by atoms with Crippen LogP contribution in [0, 0.1) is 0 Å². The average Bonchev–Trinajstić information content (AvgIpc) is 2.66. The molecule has 3 nitrogen and oxygen atoms in total. The molecule has 3 heteroatoms. The smallest absolute Gasteiger partial charge is 0.186 e. The lowest BCUT2D eigenvalue weighted by Crippen LogP contribution is -2.25. The zero-order valence-corrected chi connectivity index (χ0v) is 7.86. The van der Waals surface area contributed by atoms with E-state index in [9.17, 15) is 9.59 Å². The van der Waals surface area contributed by atoms with Crippen LogP contribution in [0.5, 0.6) is 0 Å². The third kappa shape index (κ3) is 1.03. The molecule has 2 aliphatic carbocycles. The van der Waals surface area contributed by atoms with Crippen molar-refractivity contribution >= 4 is 17.3 Å². The summed E-state index contributed by atoms with van der Waals surface area (Å²) >= 11 is 0. The SMILES string of the molecule is O=C1C=CC=C2CC(=O)C3=NC=CC3=C12. The summed E-state index contributed by atoms with van der Waals surface area (Å²) in [5.41, 5.74) is 2.58. The first-order valence-electron chi connectivity index (χ1n) is 4.71. The largest absolute Gasteiger partial charge is 0.292 e. The molecule has 0 amide bonds. The third-order valence-corrected chi connectivity index (χ3v) is 2.70. The van der Waals surface area contributed by atoms with E-state index in [1.807, 2.05) is 6.08 Å². The maximum absolute atomic E-state index is 11.7. The number of fused-ring (bicyclic) bond motifs is 2. The van der Waals surface area contributed by atoms with Gasteiger partial charge in [0, 0.05) is 23.8 Å². The number of carbonyl (C=O) groups excluding carboxylic acids is 2. The molecule has 0 spiro atoms. The highest BCUT2D eigenvalue weighted by Gasteiger charge is 2.32. The molecule has 0 saturated heterocycles. The Balaban J connectivity index is 2.30. The standard InChI is InChI=1S/C12H7NO2/c14-9-3-1-2-7-6-10(15)12-8(11(7)9)4-5-13-12/h1-5H,6H2. The Labute approximate surface area is 86.2 Å². The maximum atomic E-state index is 11.7. The molecule has 0 atom stereocenters. The minimum absolute atomic E-state index is 0.00639. The predicted octanol–water partition coefficient (Wildman–Crippen LogP) is 1.29. The van der Waals surface area contributed by atoms with Gasteiger partial charge in [-0.3, -0.25) is 14.6 Å². The van der Waals surface area contributed by atoms with Crippen LogP contribution in [0.4, 0.5) is 0 Å². The fourth-order valence-corrected chi connectivity index (χ4v) is 2.05. The normalized spacial score (nSPS) is 22.7. The second kappa shape index (κ2) is 2.73. The number of nitrogens with zero attached hydrogens (tertiary/aromatic N) is 1. The Kier molecular flexibility index (Phi) is 1.51. The Morgan fingerprint density at radius 2 is 2.07 bits per heavy atom. The van der Waals surface area contributed by atoms with Crippen molar-refractivity contribution in [2.75, 3.05) is 0 Å². The van der Waals surface area contributed by atoms with E-state index < -0.39 is 0 Å². The van der Waals surface area contributed by atoms with Crippen LogP contribution in [0.25, 0.3) is 0 Å². The summed E-state index contributed by atoms with van der Waals surface area (Å²) < 4.78 is 0. The molecule has 0 radical (unpaired) electrons. The molecule has 1 heterocycles. The number of allylic oxidation sites excluding steroid dienone is 7. The highest BCUT2D eigenvalue weighted by molar-refractivity contribution is 6.50. The lowest BCUT2D eigenvalue weighted by atomic mass is 9.81. The van der Waals surface area contributed by atoms with Crippen LogP contribution in [-0.4, -0.2) is 17.3 Å². The number of hydrogen-bond acceptors (Lipinski definition) is 3. The van der Waals surface area contributed by atoms with Crippen molar-refractivity contribution in [3.8, 4) is 0 Å². The van der Waals surface area contributed by atoms with E-state index in [0.717, 1.165) is 5.57 Å². The van der Waals surface area contributed by atoms with Crippen molar-refractivity contribution in [2.45, 2.75) is 6.42 Å². The summed E-state index contributed by atoms with van der Waals surface area (Å²) in [7, 11) is 0. The van der Waals surface area contributed by atoms with Gasteiger partial charge in [0.1, 0.15) is 5.71 Å². The molecule has 0 unspecified atom stereocenters. The predicted molar refractivity (Wildman–Crippen MR) is 55.5 cm³/mol. The molecule has 3 rings (SSSR count). The van der Waals surface area contributed by atoms with Crippen LogP contribution < -0.4 is 0 Å². The first-order chi connectivity index (χ1) is 7.27. The monoisotopic (exact) mass is 197 g/mol. The molecule has 15 heavy (non-hydrogen) atoms. The summed E-state index contributed by atoms with van der Waals surface area (Å²) in [6.07, 6.45) is 8.62. The van der Waals surface area contributed by atoms with E-state index in [4.69, 9.17) is 0 Å². The van der Waals surface area contributed by atoms with Crippen LogP contribution in [0.1, 0.15) is 6.42 Å². The van der Waals surface area contributed by atoms with E-state index in [0.29, 0.717) is 16.9 Å². The molecule has 0 N–H and O–H groups in total. The lowest BCUT2D eigenvalue weighted by molar-refractivity contribution is -0.112. The van der Waals surface area contributed by atoms with Crippen LogP contribution in [-0.2, 0) is 9.59 Å². The number of ketones is 2. The molecule has 1 aliphatic heterocycles. The Morgan fingerprint density at radius 1 is 1.20 bits per heavy atom. The minimum atomic E-state index is -0.0331.